The van der Waals surface area contributed by atoms with Gasteiger partial charge in [-0.3, -0.25) is 0 Å². The molecule has 2 nitrogen and oxygen atoms in total. The van der Waals surface area contributed by atoms with Crippen LogP contribution in [0.4, 0.5) is 13.2 Å². The van der Waals surface area contributed by atoms with E-state index in [2.05, 4.69) is 4.98 Å². The molecule has 0 aliphatic heterocycles. The molecule has 1 atom stereocenters. The van der Waals surface area contributed by atoms with Gasteiger partial charge in [-0.25, -0.2) is 4.98 Å². The lowest BCUT2D eigenvalue weighted by molar-refractivity contribution is -0.137. The Labute approximate surface area is 117 Å². The Hall–Kier alpha value is -1.40. The van der Waals surface area contributed by atoms with Crippen molar-refractivity contribution in [3.63, 3.8) is 0 Å². The van der Waals surface area contributed by atoms with Crippen molar-refractivity contribution in [2.24, 2.45) is 0 Å². The van der Waals surface area contributed by atoms with Gasteiger partial charge in [0.1, 0.15) is 5.60 Å². The topological polar surface area (TPSA) is 33.1 Å². The molecule has 0 bridgehead atoms. The van der Waals surface area contributed by atoms with Crippen molar-refractivity contribution < 1.29 is 18.3 Å². The van der Waals surface area contributed by atoms with Crippen LogP contribution in [0.5, 0.6) is 0 Å². The second kappa shape index (κ2) is 4.56. The molecule has 0 fully saturated rings. The molecule has 0 radical (unpaired) electrons. The number of benzene rings is 1. The Morgan fingerprint density at radius 2 is 1.90 bits per heavy atom. The molecule has 1 heterocycles. The minimum absolute atomic E-state index is 0.291. The van der Waals surface area contributed by atoms with Crippen LogP contribution < -0.4 is 0 Å². The summed E-state index contributed by atoms with van der Waals surface area (Å²) in [6, 6.07) is 7.70. The lowest BCUT2D eigenvalue weighted by Crippen LogP contribution is -2.32. The highest BCUT2D eigenvalue weighted by Crippen LogP contribution is 2.41. The maximum absolute atomic E-state index is 12.6. The van der Waals surface area contributed by atoms with E-state index in [9.17, 15) is 18.3 Å². The summed E-state index contributed by atoms with van der Waals surface area (Å²) >= 11 is 0.534. The Bertz CT molecular complexity index is 637. The van der Waals surface area contributed by atoms with Gasteiger partial charge in [-0.15, -0.1) is 11.3 Å². The van der Waals surface area contributed by atoms with Gasteiger partial charge in [-0.1, -0.05) is 24.3 Å². The third-order valence-electron chi connectivity index (χ3n) is 3.62. The van der Waals surface area contributed by atoms with Crippen LogP contribution in [0.3, 0.4) is 0 Å². The fourth-order valence-corrected chi connectivity index (χ4v) is 3.45. The van der Waals surface area contributed by atoms with Crippen LogP contribution in [-0.4, -0.2) is 10.1 Å². The van der Waals surface area contributed by atoms with Crippen LogP contribution in [0.25, 0.3) is 0 Å². The van der Waals surface area contributed by atoms with Gasteiger partial charge in [0.25, 0.3) is 0 Å². The molecule has 0 spiro atoms. The molecule has 0 saturated carbocycles. The van der Waals surface area contributed by atoms with Crippen molar-refractivity contribution in [2.45, 2.75) is 31.0 Å². The van der Waals surface area contributed by atoms with E-state index in [0.717, 1.165) is 17.3 Å². The summed E-state index contributed by atoms with van der Waals surface area (Å²) in [6.07, 6.45) is -1.88. The average molecular weight is 299 g/mol. The number of nitrogens with zero attached hydrogens (tertiary/aromatic N) is 1. The summed E-state index contributed by atoms with van der Waals surface area (Å²) in [7, 11) is 0. The highest BCUT2D eigenvalue weighted by Gasteiger charge is 2.40. The van der Waals surface area contributed by atoms with Crippen molar-refractivity contribution >= 4 is 11.3 Å². The molecule has 0 saturated heterocycles. The quantitative estimate of drug-likeness (QED) is 0.873. The van der Waals surface area contributed by atoms with Gasteiger partial charge in [0.05, 0.1) is 4.88 Å². The first-order chi connectivity index (χ1) is 9.38. The molecule has 1 aromatic heterocycles. The fourth-order valence-electron chi connectivity index (χ4n) is 2.55. The monoisotopic (exact) mass is 299 g/mol. The van der Waals surface area contributed by atoms with Crippen molar-refractivity contribution in [1.29, 1.82) is 0 Å². The Morgan fingerprint density at radius 3 is 2.55 bits per heavy atom. The zero-order valence-electron chi connectivity index (χ0n) is 10.4. The molecule has 1 unspecified atom stereocenters. The van der Waals surface area contributed by atoms with Crippen LogP contribution in [-0.2, 0) is 24.6 Å². The number of aliphatic hydroxyl groups is 1. The third kappa shape index (κ3) is 2.33. The first-order valence-electron chi connectivity index (χ1n) is 6.21. The van der Waals surface area contributed by atoms with Gasteiger partial charge in [0, 0.05) is 12.6 Å². The summed E-state index contributed by atoms with van der Waals surface area (Å²) in [5.41, 5.74) is 0.899. The predicted molar refractivity (Wildman–Crippen MR) is 69.5 cm³/mol. The molecule has 1 N–H and O–H groups in total. The van der Waals surface area contributed by atoms with E-state index >= 15 is 0 Å². The van der Waals surface area contributed by atoms with Crippen LogP contribution in [0, 0.1) is 0 Å². The molecule has 1 aliphatic rings. The van der Waals surface area contributed by atoms with Crippen LogP contribution in [0.2, 0.25) is 0 Å². The first kappa shape index (κ1) is 13.6. The Balaban J connectivity index is 1.93. The van der Waals surface area contributed by atoms with Crippen molar-refractivity contribution in [1.82, 2.24) is 4.98 Å². The number of thiazole rings is 1. The maximum Gasteiger partial charge on any atom is 0.443 e. The lowest BCUT2D eigenvalue weighted by atomic mass is 9.80. The molecule has 20 heavy (non-hydrogen) atoms. The highest BCUT2D eigenvalue weighted by atomic mass is 32.1. The first-order valence-corrected chi connectivity index (χ1v) is 7.03. The van der Waals surface area contributed by atoms with Crippen molar-refractivity contribution in [3.8, 4) is 0 Å². The predicted octanol–water partition coefficient (Wildman–Crippen LogP) is 3.54. The zero-order chi connectivity index (χ0) is 14.4. The zero-order valence-corrected chi connectivity index (χ0v) is 11.3. The number of aryl methyl sites for hydroxylation is 1. The standard InChI is InChI=1S/C14H12F3NOS/c15-14(16,17)12-18-8-11(20-12)13(19)6-5-9-3-1-2-4-10(9)7-13/h1-4,8,19H,5-7H2. The molecular weight excluding hydrogens is 287 g/mol. The van der Waals surface area contributed by atoms with Crippen LogP contribution >= 0.6 is 11.3 Å². The van der Waals surface area contributed by atoms with E-state index < -0.39 is 16.8 Å². The summed E-state index contributed by atoms with van der Waals surface area (Å²) in [6.45, 7) is 0. The van der Waals surface area contributed by atoms with Crippen LogP contribution in [0.15, 0.2) is 30.5 Å². The van der Waals surface area contributed by atoms with Crippen LogP contribution in [0.1, 0.15) is 27.4 Å². The second-order valence-electron chi connectivity index (χ2n) is 5.00. The van der Waals surface area contributed by atoms with Gasteiger partial charge < -0.3 is 5.11 Å². The van der Waals surface area contributed by atoms with E-state index in [1.54, 1.807) is 0 Å². The molecule has 3 rings (SSSR count). The number of hydrogen-bond donors (Lipinski definition) is 1. The molecule has 2 aromatic rings. The number of rotatable bonds is 1. The SMILES string of the molecule is OC1(c2cnc(C(F)(F)F)s2)CCc2ccccc2C1. The molecule has 0 amide bonds. The molecular formula is C14H12F3NOS. The number of halogens is 3. The van der Waals surface area contributed by atoms with E-state index in [0.29, 0.717) is 35.5 Å². The molecule has 6 heteroatoms. The summed E-state index contributed by atoms with van der Waals surface area (Å²) < 4.78 is 37.8. The van der Waals surface area contributed by atoms with Gasteiger partial charge in [0.2, 0.25) is 0 Å². The molecule has 106 valence electrons. The third-order valence-corrected chi connectivity index (χ3v) is 4.85. The Kier molecular flexibility index (Phi) is 3.10. The molecule has 1 aliphatic carbocycles. The maximum atomic E-state index is 12.6. The van der Waals surface area contributed by atoms with Gasteiger partial charge >= 0.3 is 6.18 Å². The lowest BCUT2D eigenvalue weighted by Gasteiger charge is -2.32. The van der Waals surface area contributed by atoms with Crippen molar-refractivity contribution in [2.75, 3.05) is 0 Å². The number of fused-ring (bicyclic) bond motifs is 1. The number of hydrogen-bond acceptors (Lipinski definition) is 3. The smallest absolute Gasteiger partial charge is 0.384 e. The highest BCUT2D eigenvalue weighted by molar-refractivity contribution is 7.11. The van der Waals surface area contributed by atoms with E-state index in [4.69, 9.17) is 0 Å². The van der Waals surface area contributed by atoms with Gasteiger partial charge in [0.15, 0.2) is 5.01 Å². The van der Waals surface area contributed by atoms with Gasteiger partial charge in [-0.05, 0) is 24.0 Å². The van der Waals surface area contributed by atoms with Gasteiger partial charge in [-0.2, -0.15) is 13.2 Å². The second-order valence-corrected chi connectivity index (χ2v) is 6.04. The van der Waals surface area contributed by atoms with E-state index in [-0.39, 0.29) is 0 Å². The van der Waals surface area contributed by atoms with E-state index in [1.165, 1.54) is 0 Å². The normalized spacial score (nSPS) is 22.6. The van der Waals surface area contributed by atoms with Crippen molar-refractivity contribution in [3.05, 3.63) is 51.5 Å². The minimum Gasteiger partial charge on any atom is -0.384 e. The number of aromatic nitrogens is 1. The fraction of sp³-hybridized carbons (Fsp3) is 0.357. The summed E-state index contributed by atoms with van der Waals surface area (Å²) in [5, 5.41) is 9.77. The minimum atomic E-state index is -4.45. The molecule has 1 aromatic carbocycles. The van der Waals surface area contributed by atoms with E-state index in [1.807, 2.05) is 24.3 Å². The summed E-state index contributed by atoms with van der Waals surface area (Å²) in [4.78, 5) is 3.69. The largest absolute Gasteiger partial charge is 0.443 e. The summed E-state index contributed by atoms with van der Waals surface area (Å²) in [5.74, 6) is 0. The average Bonchev–Trinajstić information content (AvgIpc) is 2.89. The number of alkyl halides is 3. The Morgan fingerprint density at radius 1 is 1.20 bits per heavy atom.